The van der Waals surface area contributed by atoms with E-state index in [1.54, 1.807) is 6.08 Å². The second-order valence-electron chi connectivity index (χ2n) is 4.58. The SMILES string of the molecule is OC(OC1C[C@@H]2C=C[C@H]1C2)(C(F)(F)F)C(F)(F)F. The molecule has 3 atom stereocenters. The van der Waals surface area contributed by atoms with Crippen molar-refractivity contribution in [3.05, 3.63) is 12.2 Å². The van der Waals surface area contributed by atoms with E-state index in [4.69, 9.17) is 5.11 Å². The minimum absolute atomic E-state index is 0.0642. The molecule has 0 spiro atoms. The summed E-state index contributed by atoms with van der Waals surface area (Å²) in [5, 5.41) is 8.88. The van der Waals surface area contributed by atoms with Crippen molar-refractivity contribution in [3.63, 3.8) is 0 Å². The Kier molecular flexibility index (Phi) is 2.93. The maximum Gasteiger partial charge on any atom is 0.453 e. The molecule has 1 N–H and O–H groups in total. The summed E-state index contributed by atoms with van der Waals surface area (Å²) in [6.07, 6.45) is -9.29. The predicted octanol–water partition coefficient (Wildman–Crippen LogP) is 2.78. The van der Waals surface area contributed by atoms with Crippen molar-refractivity contribution in [2.24, 2.45) is 11.8 Å². The normalized spacial score (nSPS) is 32.3. The third-order valence-electron chi connectivity index (χ3n) is 3.31. The maximum absolute atomic E-state index is 12.4. The standard InChI is InChI=1S/C10H10F6O2/c11-9(12,13)8(17,10(14,15)16)18-7-4-5-1-2-6(7)3-5/h1-2,5-7,17H,3-4H2/t5-,6+,7?/m1/s1. The van der Waals surface area contributed by atoms with Gasteiger partial charge in [0.1, 0.15) is 0 Å². The summed E-state index contributed by atoms with van der Waals surface area (Å²) < 4.78 is 78.3. The molecular weight excluding hydrogens is 266 g/mol. The zero-order valence-electron chi connectivity index (χ0n) is 8.92. The molecular formula is C10H10F6O2. The Balaban J connectivity index is 2.19. The van der Waals surface area contributed by atoms with Crippen LogP contribution in [0.4, 0.5) is 26.3 Å². The summed E-state index contributed by atoms with van der Waals surface area (Å²) in [5.74, 6) is -5.65. The van der Waals surface area contributed by atoms with Crippen LogP contribution >= 0.6 is 0 Å². The van der Waals surface area contributed by atoms with E-state index in [9.17, 15) is 26.3 Å². The molecule has 8 heteroatoms. The van der Waals surface area contributed by atoms with Crippen molar-refractivity contribution in [2.45, 2.75) is 37.1 Å². The molecule has 1 fully saturated rings. The second-order valence-corrected chi connectivity index (χ2v) is 4.58. The van der Waals surface area contributed by atoms with Gasteiger partial charge in [0.05, 0.1) is 6.10 Å². The van der Waals surface area contributed by atoms with Gasteiger partial charge in [-0.3, -0.25) is 0 Å². The molecule has 2 rings (SSSR count). The molecule has 0 saturated heterocycles. The predicted molar refractivity (Wildman–Crippen MR) is 47.3 cm³/mol. The van der Waals surface area contributed by atoms with Crippen LogP contribution in [-0.2, 0) is 4.74 Å². The number of allylic oxidation sites excluding steroid dienone is 1. The van der Waals surface area contributed by atoms with Crippen molar-refractivity contribution in [1.29, 1.82) is 0 Å². The number of hydrogen-bond donors (Lipinski definition) is 1. The summed E-state index contributed by atoms with van der Waals surface area (Å²) in [5.41, 5.74) is 0. The van der Waals surface area contributed by atoms with Gasteiger partial charge < -0.3 is 9.84 Å². The van der Waals surface area contributed by atoms with Gasteiger partial charge in [0.2, 0.25) is 0 Å². The largest absolute Gasteiger partial charge is 0.453 e. The van der Waals surface area contributed by atoms with Gasteiger partial charge >= 0.3 is 18.1 Å². The molecule has 2 nitrogen and oxygen atoms in total. The van der Waals surface area contributed by atoms with Crippen LogP contribution in [0.5, 0.6) is 0 Å². The lowest BCUT2D eigenvalue weighted by Crippen LogP contribution is -2.60. The minimum atomic E-state index is -5.92. The molecule has 0 aromatic rings. The fourth-order valence-corrected chi connectivity index (χ4v) is 2.38. The first-order valence-corrected chi connectivity index (χ1v) is 5.26. The quantitative estimate of drug-likeness (QED) is 0.477. The average Bonchev–Trinajstić information content (AvgIpc) is 2.75. The molecule has 2 aliphatic rings. The van der Waals surface area contributed by atoms with E-state index in [1.807, 2.05) is 0 Å². The Labute approximate surface area is 98.2 Å². The Morgan fingerprint density at radius 3 is 1.83 bits per heavy atom. The Morgan fingerprint density at radius 2 is 1.50 bits per heavy atom. The Morgan fingerprint density at radius 1 is 0.944 bits per heavy atom. The third kappa shape index (κ3) is 2.01. The first kappa shape index (κ1) is 13.7. The lowest BCUT2D eigenvalue weighted by atomic mass is 10.0. The van der Waals surface area contributed by atoms with Gasteiger partial charge in [-0.1, -0.05) is 12.2 Å². The van der Waals surface area contributed by atoms with E-state index in [2.05, 4.69) is 4.74 Å². The molecule has 1 saturated carbocycles. The molecule has 0 aromatic carbocycles. The molecule has 0 amide bonds. The summed E-state index contributed by atoms with van der Waals surface area (Å²) in [7, 11) is 0. The summed E-state index contributed by atoms with van der Waals surface area (Å²) in [6, 6.07) is 0. The van der Waals surface area contributed by atoms with Gasteiger partial charge in [0.25, 0.3) is 0 Å². The van der Waals surface area contributed by atoms with Crippen LogP contribution in [-0.4, -0.2) is 29.4 Å². The zero-order valence-corrected chi connectivity index (χ0v) is 8.92. The first-order valence-electron chi connectivity index (χ1n) is 5.26. The van der Waals surface area contributed by atoms with Crippen molar-refractivity contribution in [3.8, 4) is 0 Å². The highest BCUT2D eigenvalue weighted by Crippen LogP contribution is 2.49. The van der Waals surface area contributed by atoms with E-state index >= 15 is 0 Å². The van der Waals surface area contributed by atoms with Crippen LogP contribution in [0.1, 0.15) is 12.8 Å². The van der Waals surface area contributed by atoms with Gasteiger partial charge in [-0.2, -0.15) is 26.3 Å². The summed E-state index contributed by atoms with van der Waals surface area (Å²) in [4.78, 5) is 0. The van der Waals surface area contributed by atoms with Gasteiger partial charge in [-0.25, -0.2) is 0 Å². The topological polar surface area (TPSA) is 29.5 Å². The van der Waals surface area contributed by atoms with E-state index in [-0.39, 0.29) is 12.3 Å². The summed E-state index contributed by atoms with van der Waals surface area (Å²) in [6.45, 7) is 0. The number of ether oxygens (including phenoxy) is 1. The molecule has 0 heterocycles. The molecule has 1 unspecified atom stereocenters. The highest BCUT2D eigenvalue weighted by Gasteiger charge is 2.73. The van der Waals surface area contributed by atoms with Crippen molar-refractivity contribution in [1.82, 2.24) is 0 Å². The van der Waals surface area contributed by atoms with Crippen molar-refractivity contribution >= 4 is 0 Å². The van der Waals surface area contributed by atoms with Gasteiger partial charge in [-0.05, 0) is 18.8 Å². The second kappa shape index (κ2) is 3.86. The zero-order chi connectivity index (χ0) is 13.8. The number of hydrogen-bond acceptors (Lipinski definition) is 2. The smallest absolute Gasteiger partial charge is 0.351 e. The van der Waals surface area contributed by atoms with Crippen LogP contribution in [0.3, 0.4) is 0 Å². The van der Waals surface area contributed by atoms with Crippen LogP contribution in [0.2, 0.25) is 0 Å². The number of aliphatic hydroxyl groups is 1. The highest BCUT2D eigenvalue weighted by atomic mass is 19.4. The molecule has 104 valence electrons. The fraction of sp³-hybridized carbons (Fsp3) is 0.800. The van der Waals surface area contributed by atoms with Gasteiger partial charge in [0, 0.05) is 5.92 Å². The van der Waals surface area contributed by atoms with E-state index in [0.29, 0.717) is 6.42 Å². The molecule has 0 radical (unpaired) electrons. The number of alkyl halides is 6. The van der Waals surface area contributed by atoms with E-state index in [0.717, 1.165) is 0 Å². The van der Waals surface area contributed by atoms with E-state index < -0.39 is 30.2 Å². The van der Waals surface area contributed by atoms with Crippen LogP contribution in [0.25, 0.3) is 0 Å². The Hall–Kier alpha value is -0.760. The van der Waals surface area contributed by atoms with Gasteiger partial charge in [0.15, 0.2) is 0 Å². The lowest BCUT2D eigenvalue weighted by Gasteiger charge is -2.35. The van der Waals surface area contributed by atoms with Crippen LogP contribution in [0.15, 0.2) is 12.2 Å². The molecule has 2 aliphatic carbocycles. The minimum Gasteiger partial charge on any atom is -0.351 e. The van der Waals surface area contributed by atoms with Crippen molar-refractivity contribution in [2.75, 3.05) is 0 Å². The average molecular weight is 276 g/mol. The lowest BCUT2D eigenvalue weighted by molar-refractivity contribution is -0.466. The highest BCUT2D eigenvalue weighted by molar-refractivity contribution is 5.11. The number of rotatable bonds is 2. The van der Waals surface area contributed by atoms with Crippen LogP contribution < -0.4 is 0 Å². The van der Waals surface area contributed by atoms with Crippen LogP contribution in [0, 0.1) is 11.8 Å². The van der Waals surface area contributed by atoms with Gasteiger partial charge in [-0.15, -0.1) is 0 Å². The first-order chi connectivity index (χ1) is 8.04. The molecule has 2 bridgehead atoms. The summed E-state index contributed by atoms with van der Waals surface area (Å²) >= 11 is 0. The number of fused-ring (bicyclic) bond motifs is 2. The third-order valence-corrected chi connectivity index (χ3v) is 3.31. The molecule has 0 aliphatic heterocycles. The fourth-order valence-electron chi connectivity index (χ4n) is 2.38. The maximum atomic E-state index is 12.4. The number of halogens is 6. The van der Waals surface area contributed by atoms with Crippen molar-refractivity contribution < 1.29 is 36.2 Å². The monoisotopic (exact) mass is 276 g/mol. The molecule has 0 aromatic heterocycles. The molecule has 18 heavy (non-hydrogen) atoms. The Bertz CT molecular complexity index is 344. The van der Waals surface area contributed by atoms with E-state index in [1.165, 1.54) is 6.08 Å².